The van der Waals surface area contributed by atoms with E-state index in [4.69, 9.17) is 0 Å². The van der Waals surface area contributed by atoms with E-state index in [-0.39, 0.29) is 6.03 Å². The number of hydrogen-bond donors (Lipinski definition) is 1. The van der Waals surface area contributed by atoms with Crippen LogP contribution < -0.4 is 5.32 Å². The molecule has 2 amide bonds. The molecule has 1 aliphatic heterocycles. The van der Waals surface area contributed by atoms with Crippen molar-refractivity contribution in [2.75, 3.05) is 6.54 Å². The smallest absolute Gasteiger partial charge is 0.319 e. The van der Waals surface area contributed by atoms with Gasteiger partial charge in [0.05, 0.1) is 5.70 Å². The van der Waals surface area contributed by atoms with Gasteiger partial charge in [0.2, 0.25) is 0 Å². The van der Waals surface area contributed by atoms with Crippen LogP contribution in [0.2, 0.25) is 0 Å². The molecule has 1 aliphatic rings. The molecule has 3 heteroatoms. The van der Waals surface area contributed by atoms with Crippen LogP contribution in [-0.2, 0) is 5.54 Å². The number of nitrogens with zero attached hydrogens (tertiary/aromatic N) is 1. The Balaban J connectivity index is 2.23. The number of urea groups is 1. The molecule has 1 heterocycles. The highest BCUT2D eigenvalue weighted by molar-refractivity contribution is 5.84. The Hall–Kier alpha value is -2.55. The third-order valence-electron chi connectivity index (χ3n) is 4.03. The van der Waals surface area contributed by atoms with Crippen LogP contribution in [0.5, 0.6) is 0 Å². The second-order valence-electron chi connectivity index (χ2n) is 5.10. The van der Waals surface area contributed by atoms with E-state index < -0.39 is 5.54 Å². The number of hydrogen-bond acceptors (Lipinski definition) is 1. The molecule has 0 aromatic heterocycles. The molecule has 1 saturated heterocycles. The van der Waals surface area contributed by atoms with Gasteiger partial charge in [0.1, 0.15) is 5.54 Å². The van der Waals surface area contributed by atoms with E-state index in [1.165, 1.54) is 0 Å². The summed E-state index contributed by atoms with van der Waals surface area (Å²) in [5.41, 5.74) is 2.12. The fourth-order valence-corrected chi connectivity index (χ4v) is 2.98. The summed E-state index contributed by atoms with van der Waals surface area (Å²) in [6.07, 6.45) is 0. The second kappa shape index (κ2) is 5.09. The molecular formula is C18H18N2O. The number of benzene rings is 2. The zero-order valence-corrected chi connectivity index (χ0v) is 12.0. The second-order valence-corrected chi connectivity index (χ2v) is 5.10. The molecule has 0 radical (unpaired) electrons. The monoisotopic (exact) mass is 278 g/mol. The average molecular weight is 278 g/mol. The van der Waals surface area contributed by atoms with Gasteiger partial charge >= 0.3 is 6.03 Å². The minimum atomic E-state index is -0.685. The third kappa shape index (κ3) is 1.93. The van der Waals surface area contributed by atoms with E-state index in [0.717, 1.165) is 16.8 Å². The molecule has 0 unspecified atom stereocenters. The van der Waals surface area contributed by atoms with Crippen LogP contribution in [0.3, 0.4) is 0 Å². The molecule has 2 aromatic rings. The van der Waals surface area contributed by atoms with Crippen molar-refractivity contribution in [2.45, 2.75) is 12.5 Å². The van der Waals surface area contributed by atoms with Crippen LogP contribution in [0.25, 0.3) is 0 Å². The van der Waals surface area contributed by atoms with Crippen molar-refractivity contribution in [3.05, 3.63) is 84.1 Å². The minimum Gasteiger partial charge on any atom is -0.319 e. The number of carbonyl (C=O) groups excluding carboxylic acids is 1. The van der Waals surface area contributed by atoms with Gasteiger partial charge in [-0.3, -0.25) is 4.90 Å². The lowest BCUT2D eigenvalue weighted by Crippen LogP contribution is -2.40. The maximum Gasteiger partial charge on any atom is 0.322 e. The standard InChI is InChI=1S/C18H18N2O/c1-3-20-14(2)18(19-17(20)21,15-10-6-4-7-11-15)16-12-8-5-9-13-16/h4-13H,2-3H2,1H3,(H,19,21). The third-order valence-corrected chi connectivity index (χ3v) is 4.03. The molecule has 1 fully saturated rings. The number of rotatable bonds is 3. The van der Waals surface area contributed by atoms with Gasteiger partial charge in [-0.2, -0.15) is 0 Å². The summed E-state index contributed by atoms with van der Waals surface area (Å²) in [5, 5.41) is 3.14. The molecular weight excluding hydrogens is 260 g/mol. The van der Waals surface area contributed by atoms with Crippen molar-refractivity contribution in [1.82, 2.24) is 10.2 Å². The Labute approximate surface area is 124 Å². The first kappa shape index (κ1) is 13.4. The summed E-state index contributed by atoms with van der Waals surface area (Å²) in [6, 6.07) is 19.9. The first-order chi connectivity index (χ1) is 10.2. The van der Waals surface area contributed by atoms with Gasteiger partial charge in [0.25, 0.3) is 0 Å². The van der Waals surface area contributed by atoms with Crippen LogP contribution in [0, 0.1) is 0 Å². The van der Waals surface area contributed by atoms with E-state index in [0.29, 0.717) is 6.54 Å². The van der Waals surface area contributed by atoms with E-state index >= 15 is 0 Å². The van der Waals surface area contributed by atoms with Gasteiger partial charge < -0.3 is 5.32 Å². The zero-order chi connectivity index (χ0) is 14.9. The molecule has 2 aromatic carbocycles. The summed E-state index contributed by atoms with van der Waals surface area (Å²) in [4.78, 5) is 14.0. The van der Waals surface area contributed by atoms with Crippen molar-refractivity contribution >= 4 is 6.03 Å². The summed E-state index contributed by atoms with van der Waals surface area (Å²) in [6.45, 7) is 6.76. The topological polar surface area (TPSA) is 32.3 Å². The maximum atomic E-state index is 12.3. The summed E-state index contributed by atoms with van der Waals surface area (Å²) in [5.74, 6) is 0. The van der Waals surface area contributed by atoms with Crippen LogP contribution in [-0.4, -0.2) is 17.5 Å². The average Bonchev–Trinajstić information content (AvgIpc) is 2.80. The Bertz CT molecular complexity index is 625. The van der Waals surface area contributed by atoms with Crippen molar-refractivity contribution < 1.29 is 4.79 Å². The van der Waals surface area contributed by atoms with Gasteiger partial charge in [-0.25, -0.2) is 4.79 Å². The van der Waals surface area contributed by atoms with E-state index in [2.05, 4.69) is 11.9 Å². The maximum absolute atomic E-state index is 12.3. The Morgan fingerprint density at radius 2 is 1.48 bits per heavy atom. The molecule has 21 heavy (non-hydrogen) atoms. The Morgan fingerprint density at radius 3 is 1.86 bits per heavy atom. The van der Waals surface area contributed by atoms with E-state index in [1.54, 1.807) is 4.90 Å². The predicted molar refractivity (Wildman–Crippen MR) is 83.7 cm³/mol. The molecule has 0 saturated carbocycles. The highest BCUT2D eigenvalue weighted by atomic mass is 16.2. The summed E-state index contributed by atoms with van der Waals surface area (Å²) < 4.78 is 0. The zero-order valence-electron chi connectivity index (χ0n) is 12.0. The van der Waals surface area contributed by atoms with Crippen LogP contribution >= 0.6 is 0 Å². The lowest BCUT2D eigenvalue weighted by atomic mass is 9.81. The van der Waals surface area contributed by atoms with Gasteiger partial charge in [-0.05, 0) is 18.1 Å². The van der Waals surface area contributed by atoms with E-state index in [9.17, 15) is 4.79 Å². The number of carbonyl (C=O) groups is 1. The first-order valence-electron chi connectivity index (χ1n) is 7.10. The molecule has 3 nitrogen and oxygen atoms in total. The molecule has 1 N–H and O–H groups in total. The Morgan fingerprint density at radius 1 is 1.00 bits per heavy atom. The van der Waals surface area contributed by atoms with E-state index in [1.807, 2.05) is 67.6 Å². The van der Waals surface area contributed by atoms with Gasteiger partial charge in [0, 0.05) is 6.54 Å². The van der Waals surface area contributed by atoms with Crippen molar-refractivity contribution in [3.8, 4) is 0 Å². The lowest BCUT2D eigenvalue weighted by Gasteiger charge is -2.31. The number of likely N-dealkylation sites (N-methyl/N-ethyl adjacent to an activating group) is 1. The van der Waals surface area contributed by atoms with Gasteiger partial charge in [-0.15, -0.1) is 0 Å². The van der Waals surface area contributed by atoms with Crippen molar-refractivity contribution in [2.24, 2.45) is 0 Å². The highest BCUT2D eigenvalue weighted by Crippen LogP contribution is 2.41. The fraction of sp³-hybridized carbons (Fsp3) is 0.167. The molecule has 106 valence electrons. The Kier molecular flexibility index (Phi) is 3.26. The lowest BCUT2D eigenvalue weighted by molar-refractivity contribution is 0.224. The quantitative estimate of drug-likeness (QED) is 0.915. The van der Waals surface area contributed by atoms with Crippen LogP contribution in [0.15, 0.2) is 72.9 Å². The summed E-state index contributed by atoms with van der Waals surface area (Å²) in [7, 11) is 0. The predicted octanol–water partition coefficient (Wildman–Crippen LogP) is 3.49. The van der Waals surface area contributed by atoms with Crippen LogP contribution in [0.1, 0.15) is 18.1 Å². The van der Waals surface area contributed by atoms with Crippen molar-refractivity contribution in [3.63, 3.8) is 0 Å². The molecule has 0 aliphatic carbocycles. The first-order valence-corrected chi connectivity index (χ1v) is 7.10. The molecule has 0 bridgehead atoms. The van der Waals surface area contributed by atoms with Gasteiger partial charge in [-0.1, -0.05) is 67.2 Å². The fourth-order valence-electron chi connectivity index (χ4n) is 2.98. The molecule has 0 spiro atoms. The highest BCUT2D eigenvalue weighted by Gasteiger charge is 2.48. The SMILES string of the molecule is C=C1N(CC)C(=O)NC1(c1ccccc1)c1ccccc1. The molecule has 0 atom stereocenters. The minimum absolute atomic E-state index is 0.102. The van der Waals surface area contributed by atoms with Crippen LogP contribution in [0.4, 0.5) is 4.79 Å². The number of nitrogens with one attached hydrogen (secondary N) is 1. The largest absolute Gasteiger partial charge is 0.322 e. The number of amides is 2. The van der Waals surface area contributed by atoms with Gasteiger partial charge in [0.15, 0.2) is 0 Å². The van der Waals surface area contributed by atoms with Crippen molar-refractivity contribution in [1.29, 1.82) is 0 Å². The normalized spacial score (nSPS) is 16.9. The molecule has 3 rings (SSSR count). The summed E-state index contributed by atoms with van der Waals surface area (Å²) >= 11 is 0.